The molecule has 0 aliphatic carbocycles. The molecule has 1 rings (SSSR count). The van der Waals surface area contributed by atoms with Crippen molar-refractivity contribution in [2.24, 2.45) is 0 Å². The summed E-state index contributed by atoms with van der Waals surface area (Å²) in [5.74, 6) is 0.663. The predicted octanol–water partition coefficient (Wildman–Crippen LogP) is 1.62. The quantitative estimate of drug-likeness (QED) is 0.818. The van der Waals surface area contributed by atoms with Crippen LogP contribution in [0.2, 0.25) is 0 Å². The van der Waals surface area contributed by atoms with Crippen LogP contribution < -0.4 is 14.8 Å². The zero-order valence-corrected chi connectivity index (χ0v) is 11.6. The minimum Gasteiger partial charge on any atom is -0.493 e. The second-order valence-corrected chi connectivity index (χ2v) is 4.75. The van der Waals surface area contributed by atoms with Gasteiger partial charge in [0.2, 0.25) is 0 Å². The van der Waals surface area contributed by atoms with E-state index < -0.39 is 5.91 Å². The molecule has 5 heteroatoms. The van der Waals surface area contributed by atoms with Gasteiger partial charge in [-0.1, -0.05) is 19.9 Å². The maximum absolute atomic E-state index is 11.0. The molecule has 0 saturated heterocycles. The van der Waals surface area contributed by atoms with Crippen LogP contribution in [-0.4, -0.2) is 26.7 Å². The molecule has 19 heavy (non-hydrogen) atoms. The lowest BCUT2D eigenvalue weighted by Gasteiger charge is -2.26. The van der Waals surface area contributed by atoms with Crippen LogP contribution in [0.1, 0.15) is 19.4 Å². The molecule has 1 amide bonds. The van der Waals surface area contributed by atoms with Gasteiger partial charge >= 0.3 is 5.91 Å². The molecule has 0 radical (unpaired) electrons. The number of carbonyl (C=O) groups is 1. The van der Waals surface area contributed by atoms with Gasteiger partial charge in [0.25, 0.3) is 0 Å². The Labute approximate surface area is 113 Å². The summed E-state index contributed by atoms with van der Waals surface area (Å²) < 4.78 is 10.4. The fourth-order valence-corrected chi connectivity index (χ4v) is 1.70. The van der Waals surface area contributed by atoms with Crippen LogP contribution in [0.4, 0.5) is 0 Å². The van der Waals surface area contributed by atoms with Gasteiger partial charge in [-0.2, -0.15) is 5.26 Å². The molecule has 0 aliphatic rings. The first kappa shape index (κ1) is 14.8. The molecule has 0 spiro atoms. The third-order valence-corrected chi connectivity index (χ3v) is 2.96. The average molecular weight is 262 g/mol. The minimum atomic E-state index is -0.631. The lowest BCUT2D eigenvalue weighted by molar-refractivity contribution is -0.116. The van der Waals surface area contributed by atoms with Gasteiger partial charge in [0, 0.05) is 12.0 Å². The highest BCUT2D eigenvalue weighted by molar-refractivity contribution is 5.91. The van der Waals surface area contributed by atoms with Crippen LogP contribution in [0.15, 0.2) is 18.2 Å². The van der Waals surface area contributed by atoms with E-state index in [0.717, 1.165) is 5.56 Å². The molecule has 0 bridgehead atoms. The highest BCUT2D eigenvalue weighted by Crippen LogP contribution is 2.32. The van der Waals surface area contributed by atoms with Gasteiger partial charge in [0.15, 0.2) is 17.6 Å². The number of ether oxygens (including phenoxy) is 2. The summed E-state index contributed by atoms with van der Waals surface area (Å²) in [6.45, 7) is 4.33. The molecular formula is C14H18N2O3. The van der Waals surface area contributed by atoms with Crippen molar-refractivity contribution in [1.82, 2.24) is 5.32 Å². The number of nitrogens with zero attached hydrogens (tertiary/aromatic N) is 1. The number of methoxy groups -OCH3 is 2. The summed E-state index contributed by atoms with van der Waals surface area (Å²) in [4.78, 5) is 11.0. The summed E-state index contributed by atoms with van der Waals surface area (Å²) >= 11 is 0. The van der Waals surface area contributed by atoms with Crippen molar-refractivity contribution < 1.29 is 14.3 Å². The van der Waals surface area contributed by atoms with Gasteiger partial charge in [-0.3, -0.25) is 4.79 Å². The van der Waals surface area contributed by atoms with Gasteiger partial charge in [0.05, 0.1) is 14.2 Å². The molecule has 1 aromatic carbocycles. The monoisotopic (exact) mass is 262 g/mol. The van der Waals surface area contributed by atoms with Crippen molar-refractivity contribution in [3.63, 3.8) is 0 Å². The van der Waals surface area contributed by atoms with Gasteiger partial charge in [-0.15, -0.1) is 0 Å². The number of hydrogen-bond donors (Lipinski definition) is 1. The first-order chi connectivity index (χ1) is 8.94. The number of hydrogen-bond acceptors (Lipinski definition) is 4. The molecule has 0 atom stereocenters. The topological polar surface area (TPSA) is 71.3 Å². The number of rotatable bonds is 5. The van der Waals surface area contributed by atoms with E-state index in [0.29, 0.717) is 18.0 Å². The SMILES string of the molecule is COc1ccc(C(C)(C)CNC(=O)C#N)cc1OC. The Morgan fingerprint density at radius 3 is 2.47 bits per heavy atom. The van der Waals surface area contributed by atoms with Crippen molar-refractivity contribution >= 4 is 5.91 Å². The van der Waals surface area contributed by atoms with Crippen molar-refractivity contribution in [3.8, 4) is 17.6 Å². The smallest absolute Gasteiger partial charge is 0.322 e. The summed E-state index contributed by atoms with van der Waals surface area (Å²) in [6, 6.07) is 7.15. The number of amides is 1. The third-order valence-electron chi connectivity index (χ3n) is 2.96. The van der Waals surface area contributed by atoms with Crippen LogP contribution in [-0.2, 0) is 10.2 Å². The second kappa shape index (κ2) is 6.10. The Hall–Kier alpha value is -2.22. The number of benzene rings is 1. The number of nitriles is 1. The van der Waals surface area contributed by atoms with Crippen molar-refractivity contribution in [2.45, 2.75) is 19.3 Å². The Bertz CT molecular complexity index is 504. The third kappa shape index (κ3) is 3.62. The van der Waals surface area contributed by atoms with Crippen LogP contribution in [0, 0.1) is 11.3 Å². The van der Waals surface area contributed by atoms with E-state index in [4.69, 9.17) is 14.7 Å². The van der Waals surface area contributed by atoms with E-state index >= 15 is 0 Å². The summed E-state index contributed by atoms with van der Waals surface area (Å²) in [7, 11) is 3.15. The summed E-state index contributed by atoms with van der Waals surface area (Å²) in [5.41, 5.74) is 0.676. The minimum absolute atomic E-state index is 0.313. The molecule has 102 valence electrons. The molecule has 0 aliphatic heterocycles. The number of nitrogens with one attached hydrogen (secondary N) is 1. The fraction of sp³-hybridized carbons (Fsp3) is 0.429. The van der Waals surface area contributed by atoms with Gasteiger partial charge < -0.3 is 14.8 Å². The average Bonchev–Trinajstić information content (AvgIpc) is 2.43. The first-order valence-corrected chi connectivity index (χ1v) is 5.85. The largest absolute Gasteiger partial charge is 0.493 e. The zero-order chi connectivity index (χ0) is 14.5. The van der Waals surface area contributed by atoms with E-state index in [2.05, 4.69) is 5.32 Å². The normalized spacial score (nSPS) is 10.5. The second-order valence-electron chi connectivity index (χ2n) is 4.75. The molecular weight excluding hydrogens is 244 g/mol. The molecule has 0 heterocycles. The maximum Gasteiger partial charge on any atom is 0.322 e. The van der Waals surface area contributed by atoms with E-state index in [9.17, 15) is 4.79 Å². The van der Waals surface area contributed by atoms with Crippen LogP contribution in [0.5, 0.6) is 11.5 Å². The Morgan fingerprint density at radius 2 is 1.95 bits per heavy atom. The van der Waals surface area contributed by atoms with Crippen molar-refractivity contribution in [2.75, 3.05) is 20.8 Å². The lowest BCUT2D eigenvalue weighted by Crippen LogP contribution is -2.36. The molecule has 0 unspecified atom stereocenters. The van der Waals surface area contributed by atoms with E-state index in [-0.39, 0.29) is 5.41 Å². The Balaban J connectivity index is 2.95. The Morgan fingerprint density at radius 1 is 1.32 bits per heavy atom. The summed E-state index contributed by atoms with van der Waals surface area (Å²) in [5, 5.41) is 11.0. The Kier molecular flexibility index (Phi) is 4.76. The molecule has 1 N–H and O–H groups in total. The van der Waals surface area contributed by atoms with Crippen LogP contribution in [0.25, 0.3) is 0 Å². The molecule has 5 nitrogen and oxygen atoms in total. The first-order valence-electron chi connectivity index (χ1n) is 5.85. The highest BCUT2D eigenvalue weighted by atomic mass is 16.5. The van der Waals surface area contributed by atoms with Crippen LogP contribution >= 0.6 is 0 Å². The van der Waals surface area contributed by atoms with Crippen molar-refractivity contribution in [1.29, 1.82) is 5.26 Å². The van der Waals surface area contributed by atoms with Gasteiger partial charge in [-0.25, -0.2) is 0 Å². The summed E-state index contributed by atoms with van der Waals surface area (Å²) in [6.07, 6.45) is 0. The standard InChI is InChI=1S/C14H18N2O3/c1-14(2,9-16-13(17)8-15)10-5-6-11(18-3)12(7-10)19-4/h5-7H,9H2,1-4H3,(H,16,17). The van der Waals surface area contributed by atoms with Gasteiger partial charge in [-0.05, 0) is 17.7 Å². The molecule has 0 fully saturated rings. The lowest BCUT2D eigenvalue weighted by atomic mass is 9.84. The predicted molar refractivity (Wildman–Crippen MR) is 71.2 cm³/mol. The van der Waals surface area contributed by atoms with E-state index in [1.165, 1.54) is 6.07 Å². The van der Waals surface area contributed by atoms with Gasteiger partial charge in [0.1, 0.15) is 0 Å². The van der Waals surface area contributed by atoms with E-state index in [1.54, 1.807) is 14.2 Å². The van der Waals surface area contributed by atoms with Crippen LogP contribution in [0.3, 0.4) is 0 Å². The molecule has 0 saturated carbocycles. The zero-order valence-electron chi connectivity index (χ0n) is 11.6. The highest BCUT2D eigenvalue weighted by Gasteiger charge is 2.23. The maximum atomic E-state index is 11.0. The molecule has 0 aromatic heterocycles. The molecule has 1 aromatic rings. The number of carbonyl (C=O) groups excluding carboxylic acids is 1. The van der Waals surface area contributed by atoms with E-state index in [1.807, 2.05) is 32.0 Å². The fourth-order valence-electron chi connectivity index (χ4n) is 1.70. The van der Waals surface area contributed by atoms with Crippen molar-refractivity contribution in [3.05, 3.63) is 23.8 Å².